The van der Waals surface area contributed by atoms with E-state index in [9.17, 15) is 0 Å². The third kappa shape index (κ3) is 6.60. The van der Waals surface area contributed by atoms with Gasteiger partial charge in [0.15, 0.2) is 0 Å². The molecule has 12 aromatic rings. The first kappa shape index (κ1) is 40.7. The second-order valence-corrected chi connectivity index (χ2v) is 18.9. The molecule has 1 aliphatic carbocycles. The van der Waals surface area contributed by atoms with Crippen LogP contribution < -0.4 is 4.90 Å². The second kappa shape index (κ2) is 16.9. The van der Waals surface area contributed by atoms with Crippen molar-refractivity contribution in [2.45, 2.75) is 5.41 Å². The third-order valence-electron chi connectivity index (χ3n) is 14.2. The van der Waals surface area contributed by atoms with Crippen LogP contribution in [-0.4, -0.2) is 0 Å². The largest absolute Gasteiger partial charge is 0.309 e. The van der Waals surface area contributed by atoms with E-state index in [2.05, 4.69) is 278 Å². The zero-order valence-electron chi connectivity index (χ0n) is 37.8. The van der Waals surface area contributed by atoms with Crippen molar-refractivity contribution in [3.05, 3.63) is 295 Å². The molecule has 13 rings (SSSR count). The second-order valence-electron chi connectivity index (χ2n) is 17.9. The van der Waals surface area contributed by atoms with Crippen LogP contribution in [0.2, 0.25) is 0 Å². The van der Waals surface area contributed by atoms with Gasteiger partial charge in [0.1, 0.15) is 0 Å². The van der Waals surface area contributed by atoms with Crippen molar-refractivity contribution in [1.29, 1.82) is 0 Å². The highest BCUT2D eigenvalue weighted by molar-refractivity contribution is 7.26. The maximum atomic E-state index is 2.56. The molecule has 11 aromatic carbocycles. The normalized spacial score (nSPS) is 12.5. The van der Waals surface area contributed by atoms with E-state index in [1.54, 1.807) is 0 Å². The fraction of sp³-hybridized carbons (Fsp3) is 0.0149. The highest BCUT2D eigenvalue weighted by Gasteiger charge is 2.46. The zero-order chi connectivity index (χ0) is 45.7. The molecule has 0 N–H and O–H groups in total. The van der Waals surface area contributed by atoms with E-state index >= 15 is 0 Å². The first-order valence-electron chi connectivity index (χ1n) is 23.8. The molecule has 0 fully saturated rings. The van der Waals surface area contributed by atoms with Gasteiger partial charge in [-0.15, -0.1) is 11.3 Å². The summed E-state index contributed by atoms with van der Waals surface area (Å²) in [6, 6.07) is 101. The number of fused-ring (bicyclic) bond motifs is 6. The van der Waals surface area contributed by atoms with Crippen LogP contribution in [-0.2, 0) is 5.41 Å². The molecule has 0 saturated carbocycles. The van der Waals surface area contributed by atoms with Gasteiger partial charge in [-0.05, 0) is 91.5 Å². The molecule has 1 aliphatic rings. The molecule has 2 heteroatoms. The summed E-state index contributed by atoms with van der Waals surface area (Å²) in [5.74, 6) is 0. The van der Waals surface area contributed by atoms with Crippen LogP contribution in [0.5, 0.6) is 0 Å². The van der Waals surface area contributed by atoms with E-state index in [1.807, 2.05) is 11.3 Å². The number of anilines is 3. The lowest BCUT2D eigenvalue weighted by Gasteiger charge is -2.35. The summed E-state index contributed by atoms with van der Waals surface area (Å²) in [7, 11) is 0. The number of thiophene rings is 1. The third-order valence-corrected chi connectivity index (χ3v) is 15.4. The van der Waals surface area contributed by atoms with Crippen molar-refractivity contribution in [2.75, 3.05) is 4.90 Å². The van der Waals surface area contributed by atoms with E-state index in [0.717, 1.165) is 22.6 Å². The van der Waals surface area contributed by atoms with E-state index in [-0.39, 0.29) is 0 Å². The molecule has 324 valence electrons. The summed E-state index contributed by atoms with van der Waals surface area (Å²) in [6.45, 7) is 0. The fourth-order valence-electron chi connectivity index (χ4n) is 11.3. The van der Waals surface area contributed by atoms with Gasteiger partial charge in [0, 0.05) is 42.6 Å². The maximum Gasteiger partial charge on any atom is 0.0714 e. The predicted molar refractivity (Wildman–Crippen MR) is 293 cm³/mol. The van der Waals surface area contributed by atoms with Gasteiger partial charge < -0.3 is 4.90 Å². The Labute approximate surface area is 407 Å². The Balaban J connectivity index is 1.15. The molecule has 0 saturated heterocycles. The number of para-hydroxylation sites is 1. The Morgan fingerprint density at radius 3 is 1.52 bits per heavy atom. The lowest BCUT2D eigenvalue weighted by atomic mass is 9.67. The molecule has 0 amide bonds. The summed E-state index contributed by atoms with van der Waals surface area (Å²) in [5, 5.41) is 2.57. The smallest absolute Gasteiger partial charge is 0.0714 e. The number of nitrogens with zero attached hydrogens (tertiary/aromatic N) is 1. The summed E-state index contributed by atoms with van der Waals surface area (Å²) < 4.78 is 2.58. The standard InChI is InChI=1S/C67H45NS/c1-5-23-46(24-6-1)51-31-13-14-35-57(51)65-52(47-25-7-2-8-26-47)36-22-41-63(65)68(62-40-19-16-33-55(62)58-37-21-38-59-56-34-17-20-42-64(56)69-66(58)59)50-43-44-54-53-32-15-18-39-60(53)67(61(54)45-50,48-27-9-3-10-28-48)49-29-11-4-12-30-49/h1-45H. The zero-order valence-corrected chi connectivity index (χ0v) is 38.7. The Kier molecular flexibility index (Phi) is 10.00. The highest BCUT2D eigenvalue weighted by Crippen LogP contribution is 2.58. The average Bonchev–Trinajstić information content (AvgIpc) is 3.96. The molecule has 0 bridgehead atoms. The minimum atomic E-state index is -0.576. The quantitative estimate of drug-likeness (QED) is 0.140. The Hall–Kier alpha value is -8.56. The van der Waals surface area contributed by atoms with Gasteiger partial charge in [-0.1, -0.05) is 243 Å². The van der Waals surface area contributed by atoms with E-state index in [4.69, 9.17) is 0 Å². The van der Waals surface area contributed by atoms with Gasteiger partial charge in [-0.25, -0.2) is 0 Å². The van der Waals surface area contributed by atoms with Crippen molar-refractivity contribution in [1.82, 2.24) is 0 Å². The number of benzene rings is 11. The molecule has 0 unspecified atom stereocenters. The van der Waals surface area contributed by atoms with Crippen LogP contribution in [0.3, 0.4) is 0 Å². The Morgan fingerprint density at radius 1 is 0.304 bits per heavy atom. The summed E-state index contributed by atoms with van der Waals surface area (Å²) in [6.07, 6.45) is 0. The maximum absolute atomic E-state index is 2.56. The molecule has 0 aliphatic heterocycles. The molecule has 1 nitrogen and oxygen atoms in total. The van der Waals surface area contributed by atoms with Crippen molar-refractivity contribution < 1.29 is 0 Å². The fourth-order valence-corrected chi connectivity index (χ4v) is 12.5. The lowest BCUT2D eigenvalue weighted by molar-refractivity contribution is 0.768. The van der Waals surface area contributed by atoms with Gasteiger partial charge in [0.25, 0.3) is 0 Å². The van der Waals surface area contributed by atoms with Crippen molar-refractivity contribution in [3.63, 3.8) is 0 Å². The van der Waals surface area contributed by atoms with Gasteiger partial charge in [-0.3, -0.25) is 0 Å². The van der Waals surface area contributed by atoms with Gasteiger partial charge in [0.2, 0.25) is 0 Å². The number of hydrogen-bond donors (Lipinski definition) is 0. The minimum Gasteiger partial charge on any atom is -0.309 e. The van der Waals surface area contributed by atoms with Gasteiger partial charge in [-0.2, -0.15) is 0 Å². The molecule has 1 heterocycles. The topological polar surface area (TPSA) is 3.24 Å². The van der Waals surface area contributed by atoms with E-state index in [0.29, 0.717) is 0 Å². The first-order chi connectivity index (χ1) is 34.3. The van der Waals surface area contributed by atoms with Gasteiger partial charge >= 0.3 is 0 Å². The molecule has 0 spiro atoms. The van der Waals surface area contributed by atoms with Crippen LogP contribution in [0, 0.1) is 0 Å². The molecular weight excluding hydrogens is 851 g/mol. The predicted octanol–water partition coefficient (Wildman–Crippen LogP) is 18.6. The molecule has 0 atom stereocenters. The number of rotatable bonds is 9. The van der Waals surface area contributed by atoms with Crippen molar-refractivity contribution >= 4 is 48.6 Å². The molecule has 69 heavy (non-hydrogen) atoms. The molecule has 1 aromatic heterocycles. The van der Waals surface area contributed by atoms with E-state index < -0.39 is 5.41 Å². The van der Waals surface area contributed by atoms with Crippen LogP contribution in [0.15, 0.2) is 273 Å². The minimum absolute atomic E-state index is 0.576. The van der Waals surface area contributed by atoms with Crippen molar-refractivity contribution in [2.24, 2.45) is 0 Å². The van der Waals surface area contributed by atoms with Crippen LogP contribution in [0.1, 0.15) is 22.3 Å². The van der Waals surface area contributed by atoms with Gasteiger partial charge in [0.05, 0.1) is 16.8 Å². The average molecular weight is 896 g/mol. The molecular formula is C67H45NS. The first-order valence-corrected chi connectivity index (χ1v) is 24.6. The van der Waals surface area contributed by atoms with Crippen molar-refractivity contribution in [3.8, 4) is 55.6 Å². The monoisotopic (exact) mass is 895 g/mol. The highest BCUT2D eigenvalue weighted by atomic mass is 32.1. The van der Waals surface area contributed by atoms with E-state index in [1.165, 1.54) is 92.5 Å². The Bertz CT molecular complexity index is 3800. The van der Waals surface area contributed by atoms with Crippen LogP contribution >= 0.6 is 11.3 Å². The SMILES string of the molecule is c1ccc(-c2ccccc2-c2c(-c3ccccc3)cccc2N(c2ccc3c(c2)C(c2ccccc2)(c2ccccc2)c2ccccc2-3)c2ccccc2-c2cccc3c2sc2ccccc23)cc1. The summed E-state index contributed by atoms with van der Waals surface area (Å²) in [4.78, 5) is 2.56. The van der Waals surface area contributed by atoms with Crippen LogP contribution in [0.4, 0.5) is 17.1 Å². The Morgan fingerprint density at radius 2 is 0.797 bits per heavy atom. The lowest BCUT2D eigenvalue weighted by Crippen LogP contribution is -2.28. The summed E-state index contributed by atoms with van der Waals surface area (Å²) in [5.41, 5.74) is 19.7. The van der Waals surface area contributed by atoms with Crippen LogP contribution in [0.25, 0.3) is 75.8 Å². The number of hydrogen-bond acceptors (Lipinski definition) is 2. The summed E-state index contributed by atoms with van der Waals surface area (Å²) >= 11 is 1.88. The molecule has 0 radical (unpaired) electrons.